The standard InChI is InChI=1S/CH2O3.Co/c2-1(3)4;/h(H2,2,3,4);/q;+2/p-1. The average molecular weight is 120 g/mol. The first-order chi connectivity index (χ1) is 1.73. The Morgan fingerprint density at radius 1 is 1.60 bits per heavy atom. The van der Waals surface area contributed by atoms with Crippen molar-refractivity contribution >= 4 is 6.16 Å². The fourth-order valence-corrected chi connectivity index (χ4v) is 0. The van der Waals surface area contributed by atoms with Crippen molar-refractivity contribution in [1.82, 2.24) is 0 Å². The number of carboxylic acid groups (broad SMARTS) is 2. The molecule has 0 saturated heterocycles. The van der Waals surface area contributed by atoms with Crippen molar-refractivity contribution in [1.29, 1.82) is 0 Å². The fraction of sp³-hybridized carbons (Fsp3) is 0. The molecule has 0 fully saturated rings. The third kappa shape index (κ3) is 239. The van der Waals surface area contributed by atoms with E-state index in [0.29, 0.717) is 0 Å². The number of carbonyl (C=O) groups is 1. The van der Waals surface area contributed by atoms with Crippen molar-refractivity contribution in [2.45, 2.75) is 0 Å². The van der Waals surface area contributed by atoms with Gasteiger partial charge in [-0.3, -0.25) is 0 Å². The maximum atomic E-state index is 8.33. The minimum Gasteiger partial charge on any atom is -0.652 e. The Morgan fingerprint density at radius 3 is 1.60 bits per heavy atom. The molecule has 0 aromatic rings. The van der Waals surface area contributed by atoms with E-state index < -0.39 is 6.16 Å². The maximum absolute atomic E-state index is 8.33. The summed E-state index contributed by atoms with van der Waals surface area (Å²) in [7, 11) is 0. The van der Waals surface area contributed by atoms with E-state index in [1.165, 1.54) is 0 Å². The van der Waals surface area contributed by atoms with E-state index in [4.69, 9.17) is 15.0 Å². The van der Waals surface area contributed by atoms with Gasteiger partial charge in [0.25, 0.3) is 0 Å². The van der Waals surface area contributed by atoms with E-state index in [2.05, 4.69) is 0 Å². The number of rotatable bonds is 0. The van der Waals surface area contributed by atoms with Gasteiger partial charge in [-0.05, 0) is 6.16 Å². The summed E-state index contributed by atoms with van der Waals surface area (Å²) in [6.07, 6.45) is -2.33. The zero-order chi connectivity index (χ0) is 3.58. The molecule has 4 heteroatoms. The molecule has 0 bridgehead atoms. The Labute approximate surface area is 40.3 Å². The summed E-state index contributed by atoms with van der Waals surface area (Å²) < 4.78 is 0. The van der Waals surface area contributed by atoms with Crippen LogP contribution in [-0.4, -0.2) is 6.16 Å². The van der Waals surface area contributed by atoms with Crippen molar-refractivity contribution in [2.24, 2.45) is 0 Å². The summed E-state index contributed by atoms with van der Waals surface area (Å²) in [4.78, 5) is 8.33. The van der Waals surface area contributed by atoms with Crippen LogP contribution in [0.2, 0.25) is 0 Å². The zero-order valence-electron chi connectivity index (χ0n) is 3.06. The smallest absolute Gasteiger partial charge is 0.652 e. The third-order valence-electron chi connectivity index (χ3n) is 0. The van der Waals surface area contributed by atoms with Crippen LogP contribution in [0, 0.1) is 0 Å². The van der Waals surface area contributed by atoms with Crippen LogP contribution in [0.15, 0.2) is 0 Å². The molecule has 0 aromatic carbocycles. The number of hydrogen-bond donors (Lipinski definition) is 0. The number of carbonyl (C=O) groups excluding carboxylic acids is 1. The molecule has 0 aliphatic rings. The van der Waals surface area contributed by atoms with Crippen LogP contribution < -0.4 is 10.2 Å². The summed E-state index contributed by atoms with van der Waals surface area (Å²) in [5.74, 6) is 0. The van der Waals surface area contributed by atoms with Gasteiger partial charge in [-0.2, -0.15) is 0 Å². The quantitative estimate of drug-likeness (QED) is 0.360. The van der Waals surface area contributed by atoms with Gasteiger partial charge in [0.2, 0.25) is 0 Å². The summed E-state index contributed by atoms with van der Waals surface area (Å²) in [5.41, 5.74) is 0. The molecule has 0 heterocycles. The predicted molar refractivity (Wildman–Crippen MR) is 6.51 cm³/mol. The van der Waals surface area contributed by atoms with Crippen molar-refractivity contribution in [3.05, 3.63) is 0 Å². The molecular weight excluding hydrogens is 119 g/mol. The van der Waals surface area contributed by atoms with Crippen molar-refractivity contribution in [2.75, 3.05) is 0 Å². The van der Waals surface area contributed by atoms with Gasteiger partial charge in [-0.25, -0.2) is 0 Å². The van der Waals surface area contributed by atoms with Crippen LogP contribution in [0.4, 0.5) is 4.79 Å². The molecule has 0 aromatic heterocycles. The molecule has 0 aliphatic heterocycles. The minimum absolute atomic E-state index is 0. The van der Waals surface area contributed by atoms with Crippen LogP contribution >= 0.6 is 0 Å². The van der Waals surface area contributed by atoms with Gasteiger partial charge in [0.1, 0.15) is 0 Å². The molecule has 3 nitrogen and oxygen atoms in total. The molecule has 5 heavy (non-hydrogen) atoms. The second kappa shape index (κ2) is 3.78. The molecular formula is CHCoO3+. The topological polar surface area (TPSA) is 63.2 Å². The summed E-state index contributed by atoms with van der Waals surface area (Å²) in [6.45, 7) is 0. The Balaban J connectivity index is -0.0000000450. The monoisotopic (exact) mass is 120 g/mol. The average Bonchev–Trinajstić information content (AvgIpc) is 0.811. The molecule has 31 valence electrons. The molecule has 0 spiro atoms. The molecule has 0 rings (SSSR count). The summed E-state index contributed by atoms with van der Waals surface area (Å²) >= 11 is 0. The van der Waals surface area contributed by atoms with Gasteiger partial charge in [-0.1, -0.05) is 0 Å². The molecule has 0 N–H and O–H groups in total. The molecule has 1 radical (unpaired) electrons. The van der Waals surface area contributed by atoms with Gasteiger partial charge < -0.3 is 15.0 Å². The normalized spacial score (nSPS) is 4.80. The van der Waals surface area contributed by atoms with E-state index in [0.717, 1.165) is 0 Å². The zero-order valence-corrected chi connectivity index (χ0v) is 3.10. The Kier molecular flexibility index (Phi) is 6.67. The van der Waals surface area contributed by atoms with Crippen molar-refractivity contribution in [3.8, 4) is 0 Å². The maximum Gasteiger partial charge on any atom is 2.00 e. The van der Waals surface area contributed by atoms with Crippen LogP contribution in [0.1, 0.15) is 1.43 Å². The van der Waals surface area contributed by atoms with Gasteiger partial charge in [0, 0.05) is 0 Å². The van der Waals surface area contributed by atoms with Crippen molar-refractivity contribution < 1.29 is 33.2 Å². The first-order valence-corrected chi connectivity index (χ1v) is 0.612. The fourth-order valence-electron chi connectivity index (χ4n) is 0. The first-order valence-electron chi connectivity index (χ1n) is 0.612. The molecule has 0 atom stereocenters. The van der Waals surface area contributed by atoms with Gasteiger partial charge >= 0.3 is 18.2 Å². The SMILES string of the molecule is O=C([O-])[O-].[Co+2].[H+]. The Bertz CT molecular complexity index is 33.8. The third-order valence-corrected chi connectivity index (χ3v) is 0. The van der Waals surface area contributed by atoms with Crippen molar-refractivity contribution in [3.63, 3.8) is 0 Å². The Hall–Kier alpha value is -0.224. The molecule has 0 unspecified atom stereocenters. The minimum atomic E-state index is -2.33. The van der Waals surface area contributed by atoms with E-state index in [1.807, 2.05) is 0 Å². The summed E-state index contributed by atoms with van der Waals surface area (Å²) in [6, 6.07) is 0. The van der Waals surface area contributed by atoms with Crippen LogP contribution in [0.5, 0.6) is 0 Å². The molecule has 0 amide bonds. The second-order valence-electron chi connectivity index (χ2n) is 0.250. The molecule has 0 aliphatic carbocycles. The van der Waals surface area contributed by atoms with E-state index >= 15 is 0 Å². The van der Waals surface area contributed by atoms with Crippen LogP contribution in [0.25, 0.3) is 0 Å². The first kappa shape index (κ1) is 8.84. The summed E-state index contributed by atoms with van der Waals surface area (Å²) in [5, 5.41) is 16.7. The van der Waals surface area contributed by atoms with E-state index in [1.54, 1.807) is 0 Å². The second-order valence-corrected chi connectivity index (χ2v) is 0.250. The van der Waals surface area contributed by atoms with E-state index in [-0.39, 0.29) is 18.2 Å². The van der Waals surface area contributed by atoms with Crippen LogP contribution in [0.3, 0.4) is 0 Å². The van der Waals surface area contributed by atoms with Gasteiger partial charge in [-0.15, -0.1) is 0 Å². The van der Waals surface area contributed by atoms with Gasteiger partial charge in [0.15, 0.2) is 0 Å². The Morgan fingerprint density at radius 2 is 1.60 bits per heavy atom. The van der Waals surface area contributed by atoms with Crippen LogP contribution in [-0.2, 0) is 16.8 Å². The largest absolute Gasteiger partial charge is 2.00 e. The predicted octanol–water partition coefficient (Wildman–Crippen LogP) is -2.34. The molecule has 0 saturated carbocycles. The van der Waals surface area contributed by atoms with Gasteiger partial charge in [0.05, 0.1) is 0 Å². The van der Waals surface area contributed by atoms with E-state index in [9.17, 15) is 0 Å². The number of hydrogen-bond acceptors (Lipinski definition) is 3.